The summed E-state index contributed by atoms with van der Waals surface area (Å²) in [5, 5.41) is 5.12. The number of benzene rings is 2. The third kappa shape index (κ3) is 4.93. The molecule has 2 aliphatic rings. The molecule has 0 radical (unpaired) electrons. The van der Waals surface area contributed by atoms with Crippen LogP contribution in [0.5, 0.6) is 0 Å². The molecule has 0 spiro atoms. The summed E-state index contributed by atoms with van der Waals surface area (Å²) >= 11 is 1.30. The monoisotopic (exact) mass is 437 g/mol. The number of thioether (sulfide) groups is 1. The van der Waals surface area contributed by atoms with Crippen LogP contribution in [0.25, 0.3) is 0 Å². The topological polar surface area (TPSA) is 78.5 Å². The van der Waals surface area contributed by atoms with Crippen molar-refractivity contribution in [3.8, 4) is 0 Å². The Balaban J connectivity index is 1.27. The van der Waals surface area contributed by atoms with E-state index in [0.717, 1.165) is 10.6 Å². The summed E-state index contributed by atoms with van der Waals surface area (Å²) in [6.07, 6.45) is 1.24. The third-order valence-electron chi connectivity index (χ3n) is 5.98. The quantitative estimate of drug-likeness (QED) is 0.704. The first-order valence-electron chi connectivity index (χ1n) is 10.7. The third-order valence-corrected chi connectivity index (χ3v) is 7.24. The first kappa shape index (κ1) is 21.4. The molecule has 1 saturated heterocycles. The Morgan fingerprint density at radius 3 is 2.52 bits per heavy atom. The minimum absolute atomic E-state index is 0.0496. The van der Waals surface area contributed by atoms with E-state index in [1.165, 1.54) is 17.3 Å². The van der Waals surface area contributed by atoms with Crippen molar-refractivity contribution >= 4 is 35.2 Å². The van der Waals surface area contributed by atoms with Gasteiger partial charge in [-0.1, -0.05) is 49.4 Å². The van der Waals surface area contributed by atoms with Gasteiger partial charge in [0.25, 0.3) is 0 Å². The predicted octanol–water partition coefficient (Wildman–Crippen LogP) is 3.26. The van der Waals surface area contributed by atoms with Crippen molar-refractivity contribution in [1.82, 2.24) is 10.2 Å². The number of nitrogens with one attached hydrogen (secondary N) is 2. The van der Waals surface area contributed by atoms with Crippen LogP contribution >= 0.6 is 11.8 Å². The fourth-order valence-electron chi connectivity index (χ4n) is 4.04. The number of hydrogen-bond donors (Lipinski definition) is 2. The van der Waals surface area contributed by atoms with E-state index in [0.29, 0.717) is 32.5 Å². The second kappa shape index (κ2) is 9.56. The van der Waals surface area contributed by atoms with Crippen molar-refractivity contribution in [1.29, 1.82) is 0 Å². The highest BCUT2D eigenvalue weighted by atomic mass is 32.2. The van der Waals surface area contributed by atoms with Crippen molar-refractivity contribution in [2.75, 3.05) is 25.0 Å². The Kier molecular flexibility index (Phi) is 6.61. The van der Waals surface area contributed by atoms with Crippen LogP contribution in [0.4, 0.5) is 5.69 Å². The number of likely N-dealkylation sites (tertiary alicyclic amines) is 1. The van der Waals surface area contributed by atoms with Gasteiger partial charge in [0.15, 0.2) is 5.25 Å². The van der Waals surface area contributed by atoms with E-state index in [9.17, 15) is 14.4 Å². The molecule has 2 aromatic rings. The van der Waals surface area contributed by atoms with Crippen molar-refractivity contribution in [2.24, 2.45) is 5.92 Å². The maximum Gasteiger partial charge on any atom is 0.247 e. The molecule has 2 aromatic carbocycles. The molecule has 3 amide bonds. The first-order valence-corrected chi connectivity index (χ1v) is 11.6. The second-order valence-corrected chi connectivity index (χ2v) is 9.29. The molecular formula is C24H27N3O3S. The number of carbonyl (C=O) groups is 3. The van der Waals surface area contributed by atoms with Gasteiger partial charge >= 0.3 is 0 Å². The number of para-hydroxylation sites is 1. The van der Waals surface area contributed by atoms with E-state index in [-0.39, 0.29) is 29.6 Å². The summed E-state index contributed by atoms with van der Waals surface area (Å²) < 4.78 is 0. The highest BCUT2D eigenvalue weighted by molar-refractivity contribution is 8.01. The number of anilines is 1. The Hall–Kier alpha value is -2.80. The van der Waals surface area contributed by atoms with Crippen molar-refractivity contribution in [2.45, 2.75) is 35.8 Å². The molecule has 2 aliphatic heterocycles. The van der Waals surface area contributed by atoms with Gasteiger partial charge in [-0.25, -0.2) is 0 Å². The van der Waals surface area contributed by atoms with Gasteiger partial charge in [0.05, 0.1) is 5.69 Å². The van der Waals surface area contributed by atoms with Crippen LogP contribution in [0, 0.1) is 5.92 Å². The van der Waals surface area contributed by atoms with Crippen LogP contribution in [0.2, 0.25) is 0 Å². The van der Waals surface area contributed by atoms with E-state index in [1.807, 2.05) is 42.5 Å². The Morgan fingerprint density at radius 2 is 1.77 bits per heavy atom. The SMILES string of the molecule is C[C@H](CNC(=O)C1CCN(C(=O)[C@H]2Sc3ccccc3NC2=O)CC1)c1ccccc1. The number of fused-ring (bicyclic) bond motifs is 1. The van der Waals surface area contributed by atoms with Crippen LogP contribution in [0.3, 0.4) is 0 Å². The fraction of sp³-hybridized carbons (Fsp3) is 0.375. The zero-order valence-corrected chi connectivity index (χ0v) is 18.4. The highest BCUT2D eigenvalue weighted by Crippen LogP contribution is 2.36. The zero-order valence-electron chi connectivity index (χ0n) is 17.5. The molecule has 0 bridgehead atoms. The van der Waals surface area contributed by atoms with Crippen LogP contribution in [0.1, 0.15) is 31.2 Å². The van der Waals surface area contributed by atoms with Gasteiger partial charge in [-0.05, 0) is 36.5 Å². The van der Waals surface area contributed by atoms with Crippen molar-refractivity contribution in [3.63, 3.8) is 0 Å². The lowest BCUT2D eigenvalue weighted by Crippen LogP contribution is -2.49. The van der Waals surface area contributed by atoms with Crippen molar-refractivity contribution in [3.05, 3.63) is 60.2 Å². The number of piperidine rings is 1. The average molecular weight is 438 g/mol. The van der Waals surface area contributed by atoms with E-state index in [1.54, 1.807) is 4.90 Å². The summed E-state index contributed by atoms with van der Waals surface area (Å²) in [5.74, 6) is -0.247. The molecule has 0 aliphatic carbocycles. The maximum atomic E-state index is 13.0. The number of rotatable bonds is 5. The minimum atomic E-state index is -0.771. The highest BCUT2D eigenvalue weighted by Gasteiger charge is 2.37. The molecule has 1 fully saturated rings. The van der Waals surface area contributed by atoms with Crippen LogP contribution in [-0.2, 0) is 14.4 Å². The Morgan fingerprint density at radius 1 is 1.10 bits per heavy atom. The summed E-state index contributed by atoms with van der Waals surface area (Å²) in [6.45, 7) is 3.69. The molecule has 31 heavy (non-hydrogen) atoms. The normalized spacial score (nSPS) is 19.8. The lowest BCUT2D eigenvalue weighted by molar-refractivity contribution is -0.137. The molecule has 0 saturated carbocycles. The summed E-state index contributed by atoms with van der Waals surface area (Å²) in [4.78, 5) is 40.6. The van der Waals surface area contributed by atoms with Gasteiger partial charge in [0.1, 0.15) is 0 Å². The molecule has 2 atom stereocenters. The fourth-order valence-corrected chi connectivity index (χ4v) is 5.11. The minimum Gasteiger partial charge on any atom is -0.355 e. The lowest BCUT2D eigenvalue weighted by Gasteiger charge is -2.34. The molecule has 0 unspecified atom stereocenters. The van der Waals surface area contributed by atoms with Gasteiger partial charge in [-0.15, -0.1) is 11.8 Å². The van der Waals surface area contributed by atoms with Crippen LogP contribution in [-0.4, -0.2) is 47.5 Å². The Bertz CT molecular complexity index is 958. The first-order chi connectivity index (χ1) is 15.0. The molecule has 6 nitrogen and oxygen atoms in total. The summed E-state index contributed by atoms with van der Waals surface area (Å²) in [5.41, 5.74) is 1.95. The zero-order chi connectivity index (χ0) is 21.8. The van der Waals surface area contributed by atoms with Gasteiger partial charge in [0, 0.05) is 30.4 Å². The molecule has 2 heterocycles. The van der Waals surface area contributed by atoms with E-state index < -0.39 is 5.25 Å². The molecule has 4 rings (SSSR count). The molecule has 162 valence electrons. The van der Waals surface area contributed by atoms with Gasteiger partial charge in [-0.2, -0.15) is 0 Å². The number of nitrogens with zero attached hydrogens (tertiary/aromatic N) is 1. The predicted molar refractivity (Wildman–Crippen MR) is 122 cm³/mol. The largest absolute Gasteiger partial charge is 0.355 e. The van der Waals surface area contributed by atoms with E-state index in [4.69, 9.17) is 0 Å². The number of hydrogen-bond acceptors (Lipinski definition) is 4. The lowest BCUT2D eigenvalue weighted by atomic mass is 9.95. The van der Waals surface area contributed by atoms with Crippen molar-refractivity contribution < 1.29 is 14.4 Å². The van der Waals surface area contributed by atoms with Crippen LogP contribution < -0.4 is 10.6 Å². The molecule has 0 aromatic heterocycles. The van der Waals surface area contributed by atoms with Crippen LogP contribution in [0.15, 0.2) is 59.5 Å². The molecule has 2 N–H and O–H groups in total. The van der Waals surface area contributed by atoms with Gasteiger partial charge in [0.2, 0.25) is 17.7 Å². The second-order valence-electron chi connectivity index (χ2n) is 8.14. The summed E-state index contributed by atoms with van der Waals surface area (Å²) in [6, 6.07) is 17.6. The number of amides is 3. The van der Waals surface area contributed by atoms with E-state index >= 15 is 0 Å². The maximum absolute atomic E-state index is 13.0. The Labute approximate surface area is 186 Å². The standard InChI is InChI=1S/C24H27N3O3S/c1-16(17-7-3-2-4-8-17)15-25-22(28)18-11-13-27(14-12-18)24(30)21-23(29)26-19-9-5-6-10-20(19)31-21/h2-10,16,18,21H,11-15H2,1H3,(H,25,28)(H,26,29)/t16-,21+/m1/s1. The molecule has 7 heteroatoms. The van der Waals surface area contributed by atoms with Gasteiger partial charge < -0.3 is 15.5 Å². The summed E-state index contributed by atoms with van der Waals surface area (Å²) in [7, 11) is 0. The average Bonchev–Trinajstić information content (AvgIpc) is 2.82. The van der Waals surface area contributed by atoms with Gasteiger partial charge in [-0.3, -0.25) is 14.4 Å². The van der Waals surface area contributed by atoms with E-state index in [2.05, 4.69) is 29.7 Å². The number of carbonyl (C=O) groups excluding carboxylic acids is 3. The smallest absolute Gasteiger partial charge is 0.247 e. The molecular weight excluding hydrogens is 410 g/mol.